The number of ether oxygens (including phenoxy) is 1. The fourth-order valence-corrected chi connectivity index (χ4v) is 3.70. The number of para-hydroxylation sites is 1. The Bertz CT molecular complexity index is 788. The number of rotatable bonds is 7. The van der Waals surface area contributed by atoms with Gasteiger partial charge in [-0.1, -0.05) is 26.0 Å². The van der Waals surface area contributed by atoms with Gasteiger partial charge in [0.05, 0.1) is 18.3 Å². The molecule has 1 fully saturated rings. The summed E-state index contributed by atoms with van der Waals surface area (Å²) < 4.78 is 20.6. The van der Waals surface area contributed by atoms with E-state index < -0.39 is 0 Å². The molecule has 8 nitrogen and oxygen atoms in total. The van der Waals surface area contributed by atoms with Gasteiger partial charge in [0, 0.05) is 26.2 Å². The molecule has 0 saturated carbocycles. The molecule has 1 aliphatic heterocycles. The van der Waals surface area contributed by atoms with E-state index in [1.807, 2.05) is 12.1 Å². The third kappa shape index (κ3) is 4.46. The Morgan fingerprint density at radius 3 is 2.57 bits per heavy atom. The van der Waals surface area contributed by atoms with E-state index in [4.69, 9.17) is 4.74 Å². The van der Waals surface area contributed by atoms with E-state index in [0.29, 0.717) is 31.2 Å². The molecule has 2 heterocycles. The quantitative estimate of drug-likeness (QED) is 0.668. The van der Waals surface area contributed by atoms with Crippen LogP contribution in [0, 0.1) is 11.7 Å². The van der Waals surface area contributed by atoms with Crippen molar-refractivity contribution in [2.45, 2.75) is 33.4 Å². The van der Waals surface area contributed by atoms with Crippen molar-refractivity contribution in [3.63, 3.8) is 0 Å². The lowest BCUT2D eigenvalue weighted by atomic mass is 10.0. The number of carbonyl (C=O) groups is 1. The molecular formula is C19H27FN6O2. The molecule has 0 amide bonds. The number of hydrogen-bond acceptors (Lipinski definition) is 7. The Balaban J connectivity index is 1.72. The van der Waals surface area contributed by atoms with Gasteiger partial charge in [-0.3, -0.25) is 9.69 Å². The first kappa shape index (κ1) is 20.2. The van der Waals surface area contributed by atoms with E-state index in [2.05, 4.69) is 39.2 Å². The second-order valence-electron chi connectivity index (χ2n) is 7.16. The van der Waals surface area contributed by atoms with Gasteiger partial charge in [-0.25, -0.2) is 9.07 Å². The summed E-state index contributed by atoms with van der Waals surface area (Å²) in [7, 11) is 0. The fraction of sp³-hybridized carbons (Fsp3) is 0.579. The highest BCUT2D eigenvalue weighted by Crippen LogP contribution is 2.29. The van der Waals surface area contributed by atoms with Crippen LogP contribution in [-0.2, 0) is 16.1 Å². The molecule has 28 heavy (non-hydrogen) atoms. The maximum absolute atomic E-state index is 14.1. The normalized spacial score (nSPS) is 16.4. The van der Waals surface area contributed by atoms with Crippen LogP contribution in [0.5, 0.6) is 0 Å². The van der Waals surface area contributed by atoms with Gasteiger partial charge in [-0.15, -0.1) is 5.10 Å². The molecule has 1 aliphatic rings. The molecular weight excluding hydrogens is 363 g/mol. The van der Waals surface area contributed by atoms with Gasteiger partial charge in [0.15, 0.2) is 5.82 Å². The highest BCUT2D eigenvalue weighted by atomic mass is 19.1. The topological polar surface area (TPSA) is 76.4 Å². The van der Waals surface area contributed by atoms with Gasteiger partial charge >= 0.3 is 5.97 Å². The highest BCUT2D eigenvalue weighted by Gasteiger charge is 2.32. The zero-order chi connectivity index (χ0) is 20.1. The number of benzene rings is 1. The first-order chi connectivity index (χ1) is 13.5. The lowest BCUT2D eigenvalue weighted by Crippen LogP contribution is -2.49. The minimum Gasteiger partial charge on any atom is -0.465 e. The first-order valence-electron chi connectivity index (χ1n) is 9.66. The van der Waals surface area contributed by atoms with Crippen LogP contribution in [0.4, 0.5) is 10.1 Å². The molecule has 0 bridgehead atoms. The summed E-state index contributed by atoms with van der Waals surface area (Å²) in [6.07, 6.45) is 0. The molecule has 1 aromatic carbocycles. The average molecular weight is 390 g/mol. The van der Waals surface area contributed by atoms with Crippen LogP contribution in [0.3, 0.4) is 0 Å². The SMILES string of the molecule is CCOC(=O)Cn1nnnc1[C@H](C(C)C)N1CCN(c2ccccc2F)CC1. The monoisotopic (exact) mass is 390 g/mol. The second-order valence-corrected chi connectivity index (χ2v) is 7.16. The predicted molar refractivity (Wildman–Crippen MR) is 102 cm³/mol. The summed E-state index contributed by atoms with van der Waals surface area (Å²) in [6.45, 7) is 9.23. The minimum atomic E-state index is -0.358. The van der Waals surface area contributed by atoms with Gasteiger partial charge in [0.2, 0.25) is 0 Å². The summed E-state index contributed by atoms with van der Waals surface area (Å²) in [6, 6.07) is 6.82. The van der Waals surface area contributed by atoms with Gasteiger partial charge < -0.3 is 9.64 Å². The zero-order valence-electron chi connectivity index (χ0n) is 16.6. The van der Waals surface area contributed by atoms with Crippen LogP contribution in [0.15, 0.2) is 24.3 Å². The minimum absolute atomic E-state index is 0.00537. The second kappa shape index (κ2) is 9.09. The van der Waals surface area contributed by atoms with Crippen molar-refractivity contribution in [2.24, 2.45) is 5.92 Å². The van der Waals surface area contributed by atoms with Crippen molar-refractivity contribution >= 4 is 11.7 Å². The van der Waals surface area contributed by atoms with Crippen LogP contribution in [0.1, 0.15) is 32.6 Å². The van der Waals surface area contributed by atoms with Crippen molar-refractivity contribution in [2.75, 3.05) is 37.7 Å². The molecule has 1 atom stereocenters. The lowest BCUT2D eigenvalue weighted by Gasteiger charge is -2.41. The Morgan fingerprint density at radius 1 is 1.21 bits per heavy atom. The van der Waals surface area contributed by atoms with Crippen molar-refractivity contribution in [1.29, 1.82) is 0 Å². The van der Waals surface area contributed by atoms with Gasteiger partial charge in [0.1, 0.15) is 12.4 Å². The number of aromatic nitrogens is 4. The standard InChI is InChI=1S/C19H27FN6O2/c1-4-28-17(27)13-26-19(21-22-23-26)18(14(2)3)25-11-9-24(10-12-25)16-8-6-5-7-15(16)20/h5-8,14,18H,4,9-13H2,1-3H3/t18-/m0/s1. The third-order valence-corrected chi connectivity index (χ3v) is 4.94. The lowest BCUT2D eigenvalue weighted by molar-refractivity contribution is -0.144. The molecule has 0 spiro atoms. The maximum Gasteiger partial charge on any atom is 0.327 e. The predicted octanol–water partition coefficient (Wildman–Crippen LogP) is 1.89. The summed E-state index contributed by atoms with van der Waals surface area (Å²) in [5.41, 5.74) is 0.635. The molecule has 0 aliphatic carbocycles. The summed E-state index contributed by atoms with van der Waals surface area (Å²) >= 11 is 0. The fourth-order valence-electron chi connectivity index (χ4n) is 3.70. The van der Waals surface area contributed by atoms with Gasteiger partial charge in [-0.05, 0) is 35.4 Å². The number of carbonyl (C=O) groups excluding carboxylic acids is 1. The number of tetrazole rings is 1. The molecule has 1 aromatic heterocycles. The Kier molecular flexibility index (Phi) is 6.56. The van der Waals surface area contributed by atoms with E-state index >= 15 is 0 Å². The smallest absolute Gasteiger partial charge is 0.327 e. The highest BCUT2D eigenvalue weighted by molar-refractivity contribution is 5.69. The molecule has 0 N–H and O–H groups in total. The number of nitrogens with zero attached hydrogens (tertiary/aromatic N) is 6. The van der Waals surface area contributed by atoms with Crippen LogP contribution in [0.2, 0.25) is 0 Å². The van der Waals surface area contributed by atoms with E-state index in [-0.39, 0.29) is 30.3 Å². The molecule has 3 rings (SSSR count). The molecule has 152 valence electrons. The number of hydrogen-bond donors (Lipinski definition) is 0. The number of piperazine rings is 1. The number of halogens is 1. The van der Waals surface area contributed by atoms with Crippen molar-refractivity contribution in [1.82, 2.24) is 25.1 Å². The largest absolute Gasteiger partial charge is 0.465 e. The Labute approximate surface area is 164 Å². The molecule has 0 radical (unpaired) electrons. The van der Waals surface area contributed by atoms with Crippen LogP contribution in [-0.4, -0.2) is 63.9 Å². The van der Waals surface area contributed by atoms with E-state index in [0.717, 1.165) is 13.1 Å². The van der Waals surface area contributed by atoms with E-state index in [1.165, 1.54) is 10.7 Å². The van der Waals surface area contributed by atoms with Crippen molar-refractivity contribution in [3.8, 4) is 0 Å². The number of esters is 1. The van der Waals surface area contributed by atoms with Crippen LogP contribution in [0.25, 0.3) is 0 Å². The molecule has 0 unspecified atom stereocenters. The summed E-state index contributed by atoms with van der Waals surface area (Å²) in [5.74, 6) is 0.340. The zero-order valence-corrected chi connectivity index (χ0v) is 16.6. The Morgan fingerprint density at radius 2 is 1.93 bits per heavy atom. The molecule has 1 saturated heterocycles. The Hall–Kier alpha value is -2.55. The van der Waals surface area contributed by atoms with Crippen LogP contribution >= 0.6 is 0 Å². The first-order valence-corrected chi connectivity index (χ1v) is 9.66. The summed E-state index contributed by atoms with van der Waals surface area (Å²) in [4.78, 5) is 16.2. The average Bonchev–Trinajstić information content (AvgIpc) is 3.10. The van der Waals surface area contributed by atoms with Gasteiger partial charge in [0.25, 0.3) is 0 Å². The maximum atomic E-state index is 14.1. The molecule has 9 heteroatoms. The van der Waals surface area contributed by atoms with Gasteiger partial charge in [-0.2, -0.15) is 0 Å². The van der Waals surface area contributed by atoms with Crippen molar-refractivity contribution in [3.05, 3.63) is 35.9 Å². The molecule has 2 aromatic rings. The summed E-state index contributed by atoms with van der Waals surface area (Å²) in [5, 5.41) is 12.0. The van der Waals surface area contributed by atoms with Crippen molar-refractivity contribution < 1.29 is 13.9 Å². The third-order valence-electron chi connectivity index (χ3n) is 4.94. The van der Waals surface area contributed by atoms with E-state index in [9.17, 15) is 9.18 Å². The van der Waals surface area contributed by atoms with E-state index in [1.54, 1.807) is 13.0 Å². The van der Waals surface area contributed by atoms with Crippen LogP contribution < -0.4 is 4.90 Å². The number of anilines is 1.